The molecule has 0 bridgehead atoms. The van der Waals surface area contributed by atoms with Gasteiger partial charge in [-0.25, -0.2) is 9.98 Å². The Labute approximate surface area is 139 Å². The number of aromatic nitrogens is 1. The largest absolute Gasteiger partial charge is 0.383 e. The summed E-state index contributed by atoms with van der Waals surface area (Å²) in [6.45, 7) is 7.56. The molecule has 3 N–H and O–H groups in total. The molecule has 0 saturated carbocycles. The highest BCUT2D eigenvalue weighted by molar-refractivity contribution is 7.11. The fourth-order valence-corrected chi connectivity index (χ4v) is 3.39. The van der Waals surface area contributed by atoms with E-state index >= 15 is 0 Å². The summed E-state index contributed by atoms with van der Waals surface area (Å²) in [4.78, 5) is 10.9. The van der Waals surface area contributed by atoms with Crippen molar-refractivity contribution < 1.29 is 5.11 Å². The predicted octanol–water partition coefficient (Wildman–Crippen LogP) is 2.48. The van der Waals surface area contributed by atoms with Crippen molar-refractivity contribution in [1.82, 2.24) is 15.6 Å². The molecule has 22 heavy (non-hydrogen) atoms. The zero-order valence-corrected chi connectivity index (χ0v) is 14.7. The number of aliphatic imine (C=N–C) groups is 1. The molecule has 0 saturated heterocycles. The number of thiophene rings is 1. The molecule has 0 radical (unpaired) electrons. The summed E-state index contributed by atoms with van der Waals surface area (Å²) >= 11 is 3.20. The molecule has 0 spiro atoms. The maximum Gasteiger partial charge on any atom is 0.191 e. The average Bonchev–Trinajstić information content (AvgIpc) is 3.13. The van der Waals surface area contributed by atoms with Crippen molar-refractivity contribution in [2.45, 2.75) is 32.9 Å². The fraction of sp³-hybridized carbons (Fsp3) is 0.467. The molecular formula is C15H22N4OS2. The van der Waals surface area contributed by atoms with E-state index in [-0.39, 0.29) is 0 Å². The van der Waals surface area contributed by atoms with Crippen molar-refractivity contribution in [2.75, 3.05) is 13.1 Å². The third-order valence-corrected chi connectivity index (χ3v) is 5.06. The van der Waals surface area contributed by atoms with Gasteiger partial charge in [-0.3, -0.25) is 0 Å². The van der Waals surface area contributed by atoms with E-state index in [0.29, 0.717) is 19.0 Å². The maximum absolute atomic E-state index is 10.5. The Balaban J connectivity index is 1.96. The molecule has 7 heteroatoms. The Morgan fingerprint density at radius 2 is 2.27 bits per heavy atom. The van der Waals surface area contributed by atoms with Crippen LogP contribution in [0.15, 0.2) is 28.7 Å². The number of aryl methyl sites for hydroxylation is 1. The average molecular weight is 339 g/mol. The van der Waals surface area contributed by atoms with Crippen molar-refractivity contribution >= 4 is 28.6 Å². The van der Waals surface area contributed by atoms with E-state index in [1.54, 1.807) is 29.6 Å². The zero-order chi connectivity index (χ0) is 16.0. The van der Waals surface area contributed by atoms with Gasteiger partial charge in [0, 0.05) is 22.5 Å². The van der Waals surface area contributed by atoms with Crippen LogP contribution in [0.5, 0.6) is 0 Å². The molecule has 0 aliphatic heterocycles. The first kappa shape index (κ1) is 16.9. The van der Waals surface area contributed by atoms with E-state index in [2.05, 4.69) is 20.6 Å². The molecule has 0 amide bonds. The van der Waals surface area contributed by atoms with Gasteiger partial charge in [-0.1, -0.05) is 6.07 Å². The molecule has 0 aliphatic rings. The number of hydrogen-bond donors (Lipinski definition) is 3. The minimum atomic E-state index is -0.915. The van der Waals surface area contributed by atoms with Gasteiger partial charge in [-0.2, -0.15) is 0 Å². The summed E-state index contributed by atoms with van der Waals surface area (Å²) in [6.07, 6.45) is 1.86. The number of guanidine groups is 1. The van der Waals surface area contributed by atoms with Crippen LogP contribution in [-0.4, -0.2) is 29.1 Å². The van der Waals surface area contributed by atoms with Crippen LogP contribution in [0.2, 0.25) is 0 Å². The summed E-state index contributed by atoms with van der Waals surface area (Å²) in [5.74, 6) is 0.687. The molecule has 0 aliphatic carbocycles. The van der Waals surface area contributed by atoms with Crippen LogP contribution in [0.4, 0.5) is 0 Å². The lowest BCUT2D eigenvalue weighted by Crippen LogP contribution is -2.44. The van der Waals surface area contributed by atoms with Crippen molar-refractivity contribution in [1.29, 1.82) is 0 Å². The molecule has 1 unspecified atom stereocenters. The molecule has 0 fully saturated rings. The molecule has 1 atom stereocenters. The lowest BCUT2D eigenvalue weighted by atomic mass is 10.1. The summed E-state index contributed by atoms with van der Waals surface area (Å²) in [5, 5.41) is 19.9. The van der Waals surface area contributed by atoms with Crippen molar-refractivity contribution in [3.8, 4) is 0 Å². The van der Waals surface area contributed by atoms with Crippen molar-refractivity contribution in [3.63, 3.8) is 0 Å². The van der Waals surface area contributed by atoms with Gasteiger partial charge in [0.25, 0.3) is 0 Å². The van der Waals surface area contributed by atoms with Crippen LogP contribution in [0.3, 0.4) is 0 Å². The van der Waals surface area contributed by atoms with Gasteiger partial charge in [-0.15, -0.1) is 22.7 Å². The second kappa shape index (κ2) is 7.71. The standard InChI is InChI=1S/C15H22N4OS2/c1-4-16-14(18-9-13-17-8-11(2)22-13)19-10-15(3,20)12-6-5-7-21-12/h5-8,20H,4,9-10H2,1-3H3,(H2,16,18,19). The Hall–Kier alpha value is -1.44. The van der Waals surface area contributed by atoms with Crippen LogP contribution in [0.25, 0.3) is 0 Å². The van der Waals surface area contributed by atoms with E-state index in [9.17, 15) is 5.11 Å². The molecule has 2 rings (SSSR count). The minimum Gasteiger partial charge on any atom is -0.383 e. The molecule has 2 aromatic heterocycles. The third-order valence-electron chi connectivity index (χ3n) is 3.04. The van der Waals surface area contributed by atoms with Crippen molar-refractivity contribution in [3.05, 3.63) is 38.5 Å². The third kappa shape index (κ3) is 4.79. The number of thiazole rings is 1. The zero-order valence-electron chi connectivity index (χ0n) is 13.1. The van der Waals surface area contributed by atoms with Crippen molar-refractivity contribution in [2.24, 2.45) is 4.99 Å². The number of nitrogens with zero attached hydrogens (tertiary/aromatic N) is 2. The van der Waals surface area contributed by atoms with Gasteiger partial charge < -0.3 is 15.7 Å². The monoisotopic (exact) mass is 338 g/mol. The van der Waals surface area contributed by atoms with Gasteiger partial charge in [0.1, 0.15) is 10.6 Å². The minimum absolute atomic E-state index is 0.399. The predicted molar refractivity (Wildman–Crippen MR) is 93.6 cm³/mol. The summed E-state index contributed by atoms with van der Waals surface area (Å²) in [6, 6.07) is 3.88. The smallest absolute Gasteiger partial charge is 0.191 e. The van der Waals surface area contributed by atoms with E-state index in [1.807, 2.05) is 37.6 Å². The Morgan fingerprint density at radius 3 is 2.86 bits per heavy atom. The summed E-state index contributed by atoms with van der Waals surface area (Å²) in [5.41, 5.74) is -0.915. The summed E-state index contributed by atoms with van der Waals surface area (Å²) < 4.78 is 0. The van der Waals surface area contributed by atoms with Crippen LogP contribution in [0, 0.1) is 6.92 Å². The lowest BCUT2D eigenvalue weighted by molar-refractivity contribution is 0.0655. The van der Waals surface area contributed by atoms with Gasteiger partial charge in [0.15, 0.2) is 5.96 Å². The normalized spacial score (nSPS) is 14.6. The second-order valence-corrected chi connectivity index (χ2v) is 7.43. The first-order valence-electron chi connectivity index (χ1n) is 7.21. The SMILES string of the molecule is CCNC(=NCc1ncc(C)s1)NCC(C)(O)c1cccs1. The second-order valence-electron chi connectivity index (χ2n) is 5.16. The molecule has 0 aromatic carbocycles. The van der Waals surface area contributed by atoms with Crippen LogP contribution >= 0.6 is 22.7 Å². The van der Waals surface area contributed by atoms with Crippen LogP contribution < -0.4 is 10.6 Å². The number of aliphatic hydroxyl groups is 1. The Kier molecular flexibility index (Phi) is 5.93. The van der Waals surface area contributed by atoms with Gasteiger partial charge in [0.2, 0.25) is 0 Å². The highest BCUT2D eigenvalue weighted by Gasteiger charge is 2.24. The van der Waals surface area contributed by atoms with Gasteiger partial charge in [0.05, 0.1) is 13.1 Å². The highest BCUT2D eigenvalue weighted by atomic mass is 32.1. The van der Waals surface area contributed by atoms with Gasteiger partial charge in [-0.05, 0) is 32.2 Å². The Morgan fingerprint density at radius 1 is 1.45 bits per heavy atom. The van der Waals surface area contributed by atoms with E-state index in [1.165, 1.54) is 4.88 Å². The number of nitrogens with one attached hydrogen (secondary N) is 2. The van der Waals surface area contributed by atoms with Crippen LogP contribution in [-0.2, 0) is 12.1 Å². The summed E-state index contributed by atoms with van der Waals surface area (Å²) in [7, 11) is 0. The van der Waals surface area contributed by atoms with E-state index in [4.69, 9.17) is 0 Å². The first-order valence-corrected chi connectivity index (χ1v) is 8.90. The molecule has 120 valence electrons. The topological polar surface area (TPSA) is 69.5 Å². The van der Waals surface area contributed by atoms with Crippen LogP contribution in [0.1, 0.15) is 28.6 Å². The van der Waals surface area contributed by atoms with Gasteiger partial charge >= 0.3 is 0 Å². The molecule has 2 aromatic rings. The molecule has 5 nitrogen and oxygen atoms in total. The van der Waals surface area contributed by atoms with E-state index in [0.717, 1.165) is 16.4 Å². The highest BCUT2D eigenvalue weighted by Crippen LogP contribution is 2.24. The lowest BCUT2D eigenvalue weighted by Gasteiger charge is -2.23. The number of rotatable bonds is 6. The first-order chi connectivity index (χ1) is 10.5. The Bertz CT molecular complexity index is 605. The number of hydrogen-bond acceptors (Lipinski definition) is 5. The maximum atomic E-state index is 10.5. The quantitative estimate of drug-likeness (QED) is 0.559. The fourth-order valence-electron chi connectivity index (χ4n) is 1.89. The van der Waals surface area contributed by atoms with E-state index < -0.39 is 5.60 Å². The molecule has 2 heterocycles. The molecular weight excluding hydrogens is 316 g/mol.